The van der Waals surface area contributed by atoms with E-state index < -0.39 is 15.7 Å². The molecule has 0 bridgehead atoms. The molecule has 2 aromatic carbocycles. The lowest BCUT2D eigenvalue weighted by atomic mass is 10.00. The summed E-state index contributed by atoms with van der Waals surface area (Å²) in [5.41, 5.74) is 3.00. The van der Waals surface area contributed by atoms with E-state index in [-0.39, 0.29) is 0 Å². The highest BCUT2D eigenvalue weighted by Crippen LogP contribution is 2.37. The van der Waals surface area contributed by atoms with Crippen molar-refractivity contribution >= 4 is 32.5 Å². The predicted molar refractivity (Wildman–Crippen MR) is 127 cm³/mol. The maximum absolute atomic E-state index is 13.3. The highest BCUT2D eigenvalue weighted by molar-refractivity contribution is 8.15. The molecule has 0 radical (unpaired) electrons. The van der Waals surface area contributed by atoms with Crippen LogP contribution in [-0.4, -0.2) is 55.6 Å². The summed E-state index contributed by atoms with van der Waals surface area (Å²) >= 11 is 1.58. The van der Waals surface area contributed by atoms with Crippen molar-refractivity contribution in [3.8, 4) is 5.75 Å². The van der Waals surface area contributed by atoms with Crippen LogP contribution in [0.3, 0.4) is 0 Å². The third-order valence-electron chi connectivity index (χ3n) is 5.87. The lowest BCUT2D eigenvalue weighted by Crippen LogP contribution is -2.44. The summed E-state index contributed by atoms with van der Waals surface area (Å²) in [5.74, 6) is 0.796. The van der Waals surface area contributed by atoms with Gasteiger partial charge in [0.25, 0.3) is 0 Å². The number of hydrogen-bond donors (Lipinski definition) is 0. The third kappa shape index (κ3) is 4.16. The number of hydrogen-bond acceptors (Lipinski definition) is 6. The van der Waals surface area contributed by atoms with Gasteiger partial charge in [-0.15, -0.1) is 11.8 Å². The normalized spacial score (nSPS) is 18.7. The molecule has 0 unspecified atom stereocenters. The van der Waals surface area contributed by atoms with E-state index in [0.29, 0.717) is 30.8 Å². The average Bonchev–Trinajstić information content (AvgIpc) is 3.13. The topological polar surface area (TPSA) is 71.3 Å². The smallest absolute Gasteiger partial charge is 0.243 e. The van der Waals surface area contributed by atoms with Gasteiger partial charge in [0.1, 0.15) is 10.8 Å². The van der Waals surface area contributed by atoms with Gasteiger partial charge >= 0.3 is 0 Å². The van der Waals surface area contributed by atoms with Gasteiger partial charge < -0.3 is 4.74 Å². The van der Waals surface area contributed by atoms with Gasteiger partial charge in [0.2, 0.25) is 10.0 Å². The van der Waals surface area contributed by atoms with Gasteiger partial charge in [0.05, 0.1) is 17.7 Å². The quantitative estimate of drug-likeness (QED) is 0.694. The number of aryl methyl sites for hydroxylation is 2. The summed E-state index contributed by atoms with van der Waals surface area (Å²) in [5, 5.41) is 0.899. The van der Waals surface area contributed by atoms with Gasteiger partial charge in [-0.1, -0.05) is 12.1 Å². The largest absolute Gasteiger partial charge is 0.497 e. The molecule has 2 aromatic rings. The molecule has 164 valence electrons. The van der Waals surface area contributed by atoms with E-state index in [1.54, 1.807) is 29.2 Å². The Labute approximate surface area is 188 Å². The van der Waals surface area contributed by atoms with Crippen LogP contribution in [0, 0.1) is 13.8 Å². The van der Waals surface area contributed by atoms with Crippen LogP contribution in [0.1, 0.15) is 29.5 Å². The van der Waals surface area contributed by atoms with Crippen LogP contribution < -0.4 is 4.74 Å². The molecule has 0 N–H and O–H groups in total. The van der Waals surface area contributed by atoms with E-state index in [0.717, 1.165) is 33.2 Å². The number of aliphatic imine (C=N–C) groups is 2. The maximum Gasteiger partial charge on any atom is 0.243 e. The number of nitrogens with zero attached hydrogens (tertiary/aromatic N) is 3. The van der Waals surface area contributed by atoms with Crippen molar-refractivity contribution in [3.63, 3.8) is 0 Å². The van der Waals surface area contributed by atoms with E-state index in [1.165, 1.54) is 0 Å². The molecule has 0 saturated carbocycles. The minimum Gasteiger partial charge on any atom is -0.497 e. The summed E-state index contributed by atoms with van der Waals surface area (Å²) < 4.78 is 33.4. The Hall–Kier alpha value is -2.16. The van der Waals surface area contributed by atoms with Crippen LogP contribution in [-0.2, 0) is 10.0 Å². The molecule has 1 spiro atoms. The first kappa shape index (κ1) is 22.0. The second-order valence-corrected chi connectivity index (χ2v) is 10.7. The van der Waals surface area contributed by atoms with Crippen molar-refractivity contribution in [1.29, 1.82) is 0 Å². The zero-order chi connectivity index (χ0) is 22.2. The van der Waals surface area contributed by atoms with E-state index in [1.807, 2.05) is 56.5 Å². The Balaban J connectivity index is 1.57. The molecular formula is C23H27N3O3S2. The van der Waals surface area contributed by atoms with Gasteiger partial charge in [0.15, 0.2) is 5.66 Å². The zero-order valence-electron chi connectivity index (χ0n) is 18.3. The molecule has 0 atom stereocenters. The van der Waals surface area contributed by atoms with Crippen molar-refractivity contribution in [1.82, 2.24) is 4.31 Å². The number of benzene rings is 2. The average molecular weight is 458 g/mol. The van der Waals surface area contributed by atoms with Crippen LogP contribution in [0.5, 0.6) is 5.75 Å². The van der Waals surface area contributed by atoms with Gasteiger partial charge in [-0.3, -0.25) is 4.99 Å². The fourth-order valence-electron chi connectivity index (χ4n) is 4.03. The second kappa shape index (κ2) is 8.41. The van der Waals surface area contributed by atoms with Crippen LogP contribution in [0.15, 0.2) is 57.3 Å². The highest BCUT2D eigenvalue weighted by atomic mass is 32.2. The van der Waals surface area contributed by atoms with Crippen molar-refractivity contribution in [2.45, 2.75) is 37.2 Å². The van der Waals surface area contributed by atoms with Crippen LogP contribution in [0.25, 0.3) is 0 Å². The van der Waals surface area contributed by atoms with Crippen molar-refractivity contribution < 1.29 is 13.2 Å². The van der Waals surface area contributed by atoms with Crippen molar-refractivity contribution in [2.75, 3.05) is 26.5 Å². The first-order valence-corrected chi connectivity index (χ1v) is 12.9. The number of thioether (sulfide) groups is 1. The van der Waals surface area contributed by atoms with Gasteiger partial charge in [-0.05, 0) is 61.6 Å². The van der Waals surface area contributed by atoms with Gasteiger partial charge in [-0.25, -0.2) is 13.4 Å². The number of rotatable bonds is 4. The Bertz CT molecular complexity index is 1150. The fraction of sp³-hybridized carbons (Fsp3) is 0.391. The van der Waals surface area contributed by atoms with Gasteiger partial charge in [-0.2, -0.15) is 4.31 Å². The number of methoxy groups -OCH3 is 1. The number of piperidine rings is 1. The fourth-order valence-corrected chi connectivity index (χ4v) is 6.40. The third-order valence-corrected chi connectivity index (χ3v) is 8.59. The molecule has 8 heteroatoms. The van der Waals surface area contributed by atoms with Crippen LogP contribution in [0.4, 0.5) is 0 Å². The molecule has 0 amide bonds. The lowest BCUT2D eigenvalue weighted by Gasteiger charge is -2.35. The number of ether oxygens (including phenoxy) is 1. The Kier molecular flexibility index (Phi) is 5.98. The van der Waals surface area contributed by atoms with Crippen LogP contribution in [0.2, 0.25) is 0 Å². The first-order chi connectivity index (χ1) is 14.8. The minimum atomic E-state index is -3.54. The second-order valence-electron chi connectivity index (χ2n) is 7.97. The molecule has 2 heterocycles. The summed E-state index contributed by atoms with van der Waals surface area (Å²) in [4.78, 5) is 10.3. The van der Waals surface area contributed by atoms with Crippen molar-refractivity contribution in [3.05, 3.63) is 59.2 Å². The Morgan fingerprint density at radius 2 is 1.71 bits per heavy atom. The summed E-state index contributed by atoms with van der Waals surface area (Å²) in [6.45, 7) is 4.56. The molecule has 0 aliphatic carbocycles. The Morgan fingerprint density at radius 3 is 2.32 bits per heavy atom. The summed E-state index contributed by atoms with van der Waals surface area (Å²) in [6, 6.07) is 13.4. The molecule has 2 aliphatic rings. The molecule has 6 nitrogen and oxygen atoms in total. The Morgan fingerprint density at radius 1 is 1.03 bits per heavy atom. The minimum absolute atomic E-state index is 0.394. The predicted octanol–water partition coefficient (Wildman–Crippen LogP) is 4.06. The first-order valence-electron chi connectivity index (χ1n) is 10.2. The van der Waals surface area contributed by atoms with Crippen molar-refractivity contribution in [2.24, 2.45) is 9.98 Å². The lowest BCUT2D eigenvalue weighted by molar-refractivity contribution is 0.249. The van der Waals surface area contributed by atoms with E-state index >= 15 is 0 Å². The van der Waals surface area contributed by atoms with E-state index in [2.05, 4.69) is 0 Å². The maximum atomic E-state index is 13.3. The summed E-state index contributed by atoms with van der Waals surface area (Å²) in [6.07, 6.45) is 3.14. The summed E-state index contributed by atoms with van der Waals surface area (Å²) in [7, 11) is -1.89. The molecule has 31 heavy (non-hydrogen) atoms. The van der Waals surface area contributed by atoms with Gasteiger partial charge in [0, 0.05) is 31.5 Å². The standard InChI is InChI=1S/C23H27N3O3S2/c1-16-5-6-17(2)20(15-16)31(27,28)26-13-11-23(12-14-26)24-21(22(25-23)30-4)18-7-9-19(29-3)10-8-18/h5-10,15H,11-14H2,1-4H3. The molecular weight excluding hydrogens is 430 g/mol. The molecule has 1 fully saturated rings. The molecule has 1 saturated heterocycles. The molecule has 0 aromatic heterocycles. The van der Waals surface area contributed by atoms with E-state index in [9.17, 15) is 8.42 Å². The SMILES string of the molecule is COc1ccc(C2=NC3(CCN(S(=O)(=O)c4cc(C)ccc4C)CC3)N=C2SC)cc1. The number of sulfonamides is 1. The van der Waals surface area contributed by atoms with E-state index in [4.69, 9.17) is 14.7 Å². The zero-order valence-corrected chi connectivity index (χ0v) is 19.9. The highest BCUT2D eigenvalue weighted by Gasteiger charge is 2.42. The molecule has 4 rings (SSSR count). The molecule has 2 aliphatic heterocycles. The monoisotopic (exact) mass is 457 g/mol. The van der Waals surface area contributed by atoms with Crippen LogP contribution >= 0.6 is 11.8 Å².